The Labute approximate surface area is 139 Å². The molecule has 122 valence electrons. The van der Waals surface area contributed by atoms with E-state index >= 15 is 0 Å². The lowest BCUT2D eigenvalue weighted by Crippen LogP contribution is -2.17. The van der Waals surface area contributed by atoms with Gasteiger partial charge in [0.05, 0.1) is 17.2 Å². The molecule has 1 fully saturated rings. The Morgan fingerprint density at radius 1 is 1.39 bits per heavy atom. The Morgan fingerprint density at radius 3 is 2.87 bits per heavy atom. The number of rotatable bonds is 4. The van der Waals surface area contributed by atoms with Gasteiger partial charge < -0.3 is 5.32 Å². The van der Waals surface area contributed by atoms with Crippen LogP contribution in [0.1, 0.15) is 18.4 Å². The molecule has 1 saturated heterocycles. The number of benzene rings is 1. The summed E-state index contributed by atoms with van der Waals surface area (Å²) in [5.74, 6) is 0.0698. The van der Waals surface area contributed by atoms with E-state index in [4.69, 9.17) is 0 Å². The van der Waals surface area contributed by atoms with Crippen LogP contribution >= 0.6 is 11.3 Å². The number of carbonyl (C=O) groups is 1. The van der Waals surface area contributed by atoms with E-state index in [9.17, 15) is 13.2 Å². The van der Waals surface area contributed by atoms with E-state index in [0.29, 0.717) is 11.6 Å². The molecule has 1 N–H and O–H groups in total. The Hall–Kier alpha value is -1.73. The van der Waals surface area contributed by atoms with Crippen LogP contribution in [0, 0.1) is 12.8 Å². The predicted octanol–water partition coefficient (Wildman–Crippen LogP) is 2.88. The third-order valence-electron chi connectivity index (χ3n) is 3.97. The maximum absolute atomic E-state index is 12.1. The molecule has 1 aromatic carbocycles. The van der Waals surface area contributed by atoms with Gasteiger partial charge >= 0.3 is 0 Å². The molecule has 2 aromatic rings. The third-order valence-corrected chi connectivity index (χ3v) is 6.57. The Kier molecular flexibility index (Phi) is 4.50. The fraction of sp³-hybridized carbons (Fsp3) is 0.375. The first-order chi connectivity index (χ1) is 10.9. The number of thiazole rings is 1. The highest BCUT2D eigenvalue weighted by Gasteiger charge is 2.29. The van der Waals surface area contributed by atoms with Gasteiger partial charge in [0.25, 0.3) is 0 Å². The average Bonchev–Trinajstić information content (AvgIpc) is 3.06. The van der Waals surface area contributed by atoms with Crippen LogP contribution in [0.25, 0.3) is 11.3 Å². The number of sulfone groups is 1. The van der Waals surface area contributed by atoms with Crippen molar-refractivity contribution in [1.82, 2.24) is 4.98 Å². The zero-order valence-corrected chi connectivity index (χ0v) is 14.4. The first-order valence-electron chi connectivity index (χ1n) is 7.45. The molecule has 1 unspecified atom stereocenters. The predicted molar refractivity (Wildman–Crippen MR) is 92.3 cm³/mol. The maximum atomic E-state index is 12.1. The number of nitrogens with zero attached hydrogens (tertiary/aromatic N) is 1. The van der Waals surface area contributed by atoms with E-state index in [-0.39, 0.29) is 29.8 Å². The zero-order chi connectivity index (χ0) is 16.4. The lowest BCUT2D eigenvalue weighted by molar-refractivity contribution is -0.116. The minimum Gasteiger partial charge on any atom is -0.302 e. The molecular weight excluding hydrogens is 332 g/mol. The van der Waals surface area contributed by atoms with Crippen LogP contribution in [0.5, 0.6) is 0 Å². The smallest absolute Gasteiger partial charge is 0.226 e. The molecular formula is C16H18N2O3S2. The van der Waals surface area contributed by atoms with E-state index in [1.54, 1.807) is 0 Å². The molecule has 0 bridgehead atoms. The van der Waals surface area contributed by atoms with Gasteiger partial charge in [-0.15, -0.1) is 11.3 Å². The Bertz CT molecular complexity index is 827. The number of nitrogens with one attached hydrogen (secondary N) is 1. The van der Waals surface area contributed by atoms with Gasteiger partial charge in [0.1, 0.15) is 0 Å². The van der Waals surface area contributed by atoms with Gasteiger partial charge in [-0.2, -0.15) is 0 Å². The van der Waals surface area contributed by atoms with Crippen molar-refractivity contribution in [3.63, 3.8) is 0 Å². The molecule has 1 aliphatic heterocycles. The molecule has 5 nitrogen and oxygen atoms in total. The second-order valence-corrected chi connectivity index (χ2v) is 8.96. The molecule has 2 heterocycles. The largest absolute Gasteiger partial charge is 0.302 e. The van der Waals surface area contributed by atoms with Gasteiger partial charge in [-0.1, -0.05) is 24.3 Å². The number of hydrogen-bond acceptors (Lipinski definition) is 5. The van der Waals surface area contributed by atoms with Crippen molar-refractivity contribution in [2.45, 2.75) is 19.8 Å². The number of carbonyl (C=O) groups excluding carboxylic acids is 1. The maximum Gasteiger partial charge on any atom is 0.226 e. The van der Waals surface area contributed by atoms with Crippen molar-refractivity contribution in [2.24, 2.45) is 5.92 Å². The second kappa shape index (κ2) is 6.41. The van der Waals surface area contributed by atoms with Crippen molar-refractivity contribution in [3.8, 4) is 11.3 Å². The van der Waals surface area contributed by atoms with Gasteiger partial charge in [-0.05, 0) is 24.8 Å². The van der Waals surface area contributed by atoms with Crippen molar-refractivity contribution >= 4 is 32.2 Å². The molecule has 23 heavy (non-hydrogen) atoms. The minimum atomic E-state index is -2.94. The fourth-order valence-corrected chi connectivity index (χ4v) is 5.37. The molecule has 0 saturated carbocycles. The normalized spacial score (nSPS) is 19.6. The van der Waals surface area contributed by atoms with Crippen molar-refractivity contribution < 1.29 is 13.2 Å². The zero-order valence-electron chi connectivity index (χ0n) is 12.8. The van der Waals surface area contributed by atoms with Crippen LogP contribution in [-0.4, -0.2) is 30.8 Å². The topological polar surface area (TPSA) is 76.1 Å². The van der Waals surface area contributed by atoms with Gasteiger partial charge in [0, 0.05) is 17.4 Å². The molecule has 1 amide bonds. The van der Waals surface area contributed by atoms with Gasteiger partial charge in [-0.25, -0.2) is 13.4 Å². The number of anilines is 1. The van der Waals surface area contributed by atoms with Gasteiger partial charge in [0.15, 0.2) is 15.0 Å². The SMILES string of the molecule is Cc1ccccc1-c1csc(NC(=O)CC2CCS(=O)(=O)C2)n1. The molecule has 0 spiro atoms. The highest BCUT2D eigenvalue weighted by molar-refractivity contribution is 7.91. The third kappa shape index (κ3) is 3.97. The lowest BCUT2D eigenvalue weighted by Gasteiger charge is -2.06. The summed E-state index contributed by atoms with van der Waals surface area (Å²) in [7, 11) is -2.94. The molecule has 1 aromatic heterocycles. The number of hydrogen-bond donors (Lipinski definition) is 1. The number of aromatic nitrogens is 1. The standard InChI is InChI=1S/C16H18N2O3S2/c1-11-4-2-3-5-13(11)14-9-22-16(17-14)18-15(19)8-12-6-7-23(20,21)10-12/h2-5,9,12H,6-8,10H2,1H3,(H,17,18,19). The Balaban J connectivity index is 1.63. The van der Waals surface area contributed by atoms with E-state index in [0.717, 1.165) is 16.8 Å². The molecule has 0 radical (unpaired) electrons. The van der Waals surface area contributed by atoms with E-state index in [1.165, 1.54) is 11.3 Å². The molecule has 1 atom stereocenters. The highest BCUT2D eigenvalue weighted by Crippen LogP contribution is 2.28. The summed E-state index contributed by atoms with van der Waals surface area (Å²) in [6.07, 6.45) is 0.806. The summed E-state index contributed by atoms with van der Waals surface area (Å²) in [5.41, 5.74) is 3.02. The monoisotopic (exact) mass is 350 g/mol. The quantitative estimate of drug-likeness (QED) is 0.920. The van der Waals surface area contributed by atoms with Gasteiger partial charge in [-0.3, -0.25) is 4.79 Å². The fourth-order valence-electron chi connectivity index (χ4n) is 2.78. The molecule has 7 heteroatoms. The minimum absolute atomic E-state index is 0.0733. The summed E-state index contributed by atoms with van der Waals surface area (Å²) in [5, 5.41) is 5.24. The first kappa shape index (κ1) is 16.1. The van der Waals surface area contributed by atoms with Crippen molar-refractivity contribution in [1.29, 1.82) is 0 Å². The van der Waals surface area contributed by atoms with Crippen LogP contribution in [0.2, 0.25) is 0 Å². The number of amides is 1. The van der Waals surface area contributed by atoms with Crippen LogP contribution in [-0.2, 0) is 14.6 Å². The average molecular weight is 350 g/mol. The van der Waals surface area contributed by atoms with Crippen LogP contribution in [0.4, 0.5) is 5.13 Å². The first-order valence-corrected chi connectivity index (χ1v) is 10.1. The van der Waals surface area contributed by atoms with Crippen LogP contribution in [0.15, 0.2) is 29.6 Å². The second-order valence-electron chi connectivity index (χ2n) is 5.87. The van der Waals surface area contributed by atoms with Gasteiger partial charge in [0.2, 0.25) is 5.91 Å². The van der Waals surface area contributed by atoms with Crippen molar-refractivity contribution in [3.05, 3.63) is 35.2 Å². The summed E-state index contributed by atoms with van der Waals surface area (Å²) >= 11 is 1.38. The molecule has 3 rings (SSSR count). The summed E-state index contributed by atoms with van der Waals surface area (Å²) in [6, 6.07) is 7.96. The molecule has 0 aliphatic carbocycles. The summed E-state index contributed by atoms with van der Waals surface area (Å²) in [4.78, 5) is 16.5. The summed E-state index contributed by atoms with van der Waals surface area (Å²) < 4.78 is 22.9. The molecule has 1 aliphatic rings. The number of aryl methyl sites for hydroxylation is 1. The van der Waals surface area contributed by atoms with Crippen LogP contribution < -0.4 is 5.32 Å². The van der Waals surface area contributed by atoms with Crippen molar-refractivity contribution in [2.75, 3.05) is 16.8 Å². The van der Waals surface area contributed by atoms with E-state index in [1.807, 2.05) is 36.6 Å². The lowest BCUT2D eigenvalue weighted by atomic mass is 10.1. The van der Waals surface area contributed by atoms with E-state index in [2.05, 4.69) is 10.3 Å². The Morgan fingerprint density at radius 2 is 2.17 bits per heavy atom. The summed E-state index contributed by atoms with van der Waals surface area (Å²) in [6.45, 7) is 2.02. The van der Waals surface area contributed by atoms with Crippen LogP contribution in [0.3, 0.4) is 0 Å². The highest BCUT2D eigenvalue weighted by atomic mass is 32.2. The van der Waals surface area contributed by atoms with E-state index < -0.39 is 9.84 Å².